The van der Waals surface area contributed by atoms with Gasteiger partial charge in [-0.3, -0.25) is 4.79 Å². The Balaban J connectivity index is 1.68. The summed E-state index contributed by atoms with van der Waals surface area (Å²) in [6.07, 6.45) is 2.84. The van der Waals surface area contributed by atoms with Gasteiger partial charge in [-0.25, -0.2) is 4.39 Å². The molecule has 1 atom stereocenters. The number of aromatic amines is 1. The van der Waals surface area contributed by atoms with Crippen molar-refractivity contribution in [3.8, 4) is 0 Å². The first kappa shape index (κ1) is 14.7. The third-order valence-electron chi connectivity index (χ3n) is 5.43. The molecule has 0 spiro atoms. The first-order chi connectivity index (χ1) is 12.2. The van der Waals surface area contributed by atoms with E-state index in [4.69, 9.17) is 0 Å². The van der Waals surface area contributed by atoms with Crippen LogP contribution in [0.2, 0.25) is 0 Å². The fourth-order valence-corrected chi connectivity index (χ4v) is 4.03. The Bertz CT molecular complexity index is 956. The highest BCUT2D eigenvalue weighted by Crippen LogP contribution is 2.41. The van der Waals surface area contributed by atoms with Crippen molar-refractivity contribution >= 4 is 16.8 Å². The molecule has 3 aromatic rings. The molecule has 1 aliphatic heterocycles. The van der Waals surface area contributed by atoms with Crippen LogP contribution >= 0.6 is 0 Å². The molecule has 3 nitrogen and oxygen atoms in total. The number of para-hydroxylation sites is 1. The number of amides is 1. The molecule has 1 fully saturated rings. The lowest BCUT2D eigenvalue weighted by Gasteiger charge is -2.36. The van der Waals surface area contributed by atoms with E-state index in [2.05, 4.69) is 17.1 Å². The van der Waals surface area contributed by atoms with Crippen LogP contribution < -0.4 is 0 Å². The summed E-state index contributed by atoms with van der Waals surface area (Å²) in [7, 11) is 0. The number of halogens is 1. The fourth-order valence-electron chi connectivity index (χ4n) is 4.03. The summed E-state index contributed by atoms with van der Waals surface area (Å²) < 4.78 is 13.4. The van der Waals surface area contributed by atoms with E-state index < -0.39 is 0 Å². The second-order valence-electron chi connectivity index (χ2n) is 7.07. The fraction of sp³-hybridized carbons (Fsp3) is 0.286. The summed E-state index contributed by atoms with van der Waals surface area (Å²) in [5, 5.41) is 1.23. The van der Waals surface area contributed by atoms with Crippen molar-refractivity contribution in [3.05, 3.63) is 71.2 Å². The van der Waals surface area contributed by atoms with Gasteiger partial charge in [-0.1, -0.05) is 30.3 Å². The van der Waals surface area contributed by atoms with E-state index in [1.165, 1.54) is 23.1 Å². The third kappa shape index (κ3) is 2.36. The molecular formula is C21H19FN2O. The molecule has 1 aliphatic carbocycles. The molecule has 1 unspecified atom stereocenters. The Morgan fingerprint density at radius 1 is 1.08 bits per heavy atom. The monoisotopic (exact) mass is 334 g/mol. The molecule has 1 saturated carbocycles. The van der Waals surface area contributed by atoms with Crippen LogP contribution in [-0.2, 0) is 11.2 Å². The molecular weight excluding hydrogens is 315 g/mol. The minimum Gasteiger partial charge on any atom is -0.356 e. The molecule has 2 aromatic carbocycles. The Kier molecular flexibility index (Phi) is 3.20. The Morgan fingerprint density at radius 3 is 2.60 bits per heavy atom. The summed E-state index contributed by atoms with van der Waals surface area (Å²) in [6, 6.07) is 14.7. The molecule has 4 heteroatoms. The number of aromatic nitrogens is 1. The molecule has 1 aromatic heterocycles. The van der Waals surface area contributed by atoms with Crippen LogP contribution in [0.4, 0.5) is 4.39 Å². The predicted octanol–water partition coefficient (Wildman–Crippen LogP) is 4.19. The highest BCUT2D eigenvalue weighted by atomic mass is 19.1. The number of carbonyl (C=O) groups excluding carboxylic acids is 1. The molecule has 0 bridgehead atoms. The van der Waals surface area contributed by atoms with Crippen molar-refractivity contribution in [3.63, 3.8) is 0 Å². The molecule has 0 radical (unpaired) electrons. The first-order valence-corrected chi connectivity index (χ1v) is 8.88. The minimum atomic E-state index is -0.253. The van der Waals surface area contributed by atoms with Crippen LogP contribution in [0.3, 0.4) is 0 Å². The Hall–Kier alpha value is -2.62. The standard InChI is InChI=1S/C21H19FN2O/c22-15-9-7-13(8-10-15)20-19-17(16-3-1-2-4-18(16)23-19)11-12-24(20)21(25)14-5-6-14/h1-4,7-10,14,20,23H,5-6,11-12H2. The maximum Gasteiger partial charge on any atom is 0.226 e. The highest BCUT2D eigenvalue weighted by Gasteiger charge is 2.40. The van der Waals surface area contributed by atoms with Gasteiger partial charge in [0.2, 0.25) is 5.91 Å². The zero-order chi connectivity index (χ0) is 17.0. The van der Waals surface area contributed by atoms with Crippen molar-refractivity contribution in [2.75, 3.05) is 6.54 Å². The number of hydrogen-bond acceptors (Lipinski definition) is 1. The van der Waals surface area contributed by atoms with Gasteiger partial charge in [-0.05, 0) is 48.6 Å². The zero-order valence-electron chi connectivity index (χ0n) is 13.8. The van der Waals surface area contributed by atoms with Crippen LogP contribution in [0.25, 0.3) is 10.9 Å². The average Bonchev–Trinajstić information content (AvgIpc) is 3.42. The van der Waals surface area contributed by atoms with Gasteiger partial charge in [0.25, 0.3) is 0 Å². The lowest BCUT2D eigenvalue weighted by Crippen LogP contribution is -2.41. The average molecular weight is 334 g/mol. The van der Waals surface area contributed by atoms with Gasteiger partial charge in [0.1, 0.15) is 5.82 Å². The van der Waals surface area contributed by atoms with Crippen LogP contribution in [0, 0.1) is 11.7 Å². The molecule has 0 saturated heterocycles. The topological polar surface area (TPSA) is 36.1 Å². The molecule has 1 amide bonds. The number of fused-ring (bicyclic) bond motifs is 3. The summed E-state index contributed by atoms with van der Waals surface area (Å²) in [6.45, 7) is 0.715. The van der Waals surface area contributed by atoms with Gasteiger partial charge in [-0.2, -0.15) is 0 Å². The summed E-state index contributed by atoms with van der Waals surface area (Å²) in [4.78, 5) is 18.4. The molecule has 2 heterocycles. The third-order valence-corrected chi connectivity index (χ3v) is 5.43. The van der Waals surface area contributed by atoms with E-state index in [-0.39, 0.29) is 23.7 Å². The smallest absolute Gasteiger partial charge is 0.226 e. The normalized spacial score (nSPS) is 19.9. The van der Waals surface area contributed by atoms with Crippen LogP contribution in [-0.4, -0.2) is 22.3 Å². The number of nitrogens with one attached hydrogen (secondary N) is 1. The molecule has 126 valence electrons. The molecule has 2 aliphatic rings. The number of rotatable bonds is 2. The Morgan fingerprint density at radius 2 is 1.84 bits per heavy atom. The van der Waals surface area contributed by atoms with E-state index >= 15 is 0 Å². The second kappa shape index (κ2) is 5.45. The maximum atomic E-state index is 13.4. The molecule has 5 rings (SSSR count). The maximum absolute atomic E-state index is 13.4. The molecule has 25 heavy (non-hydrogen) atoms. The minimum absolute atomic E-state index is 0.162. The van der Waals surface area contributed by atoms with E-state index in [9.17, 15) is 9.18 Å². The van der Waals surface area contributed by atoms with Crippen molar-refractivity contribution in [2.45, 2.75) is 25.3 Å². The van der Waals surface area contributed by atoms with Gasteiger partial charge in [0.05, 0.1) is 6.04 Å². The SMILES string of the molecule is O=C(C1CC1)N1CCc2c([nH]c3ccccc23)C1c1ccc(F)cc1. The van der Waals surface area contributed by atoms with Crippen molar-refractivity contribution in [1.29, 1.82) is 0 Å². The quantitative estimate of drug-likeness (QED) is 0.749. The largest absolute Gasteiger partial charge is 0.356 e. The zero-order valence-corrected chi connectivity index (χ0v) is 13.8. The number of benzene rings is 2. The van der Waals surface area contributed by atoms with Crippen molar-refractivity contribution < 1.29 is 9.18 Å². The van der Waals surface area contributed by atoms with Crippen LogP contribution in [0.1, 0.15) is 35.7 Å². The van der Waals surface area contributed by atoms with Crippen molar-refractivity contribution in [2.24, 2.45) is 5.92 Å². The first-order valence-electron chi connectivity index (χ1n) is 8.88. The number of nitrogens with zero attached hydrogens (tertiary/aromatic N) is 1. The number of carbonyl (C=O) groups is 1. The summed E-state index contributed by atoms with van der Waals surface area (Å²) in [5.41, 5.74) is 4.42. The van der Waals surface area contributed by atoms with Gasteiger partial charge in [0.15, 0.2) is 0 Å². The van der Waals surface area contributed by atoms with Crippen LogP contribution in [0.5, 0.6) is 0 Å². The lowest BCUT2D eigenvalue weighted by atomic mass is 9.92. The van der Waals surface area contributed by atoms with Gasteiger partial charge < -0.3 is 9.88 Å². The summed E-state index contributed by atoms with van der Waals surface area (Å²) in [5.74, 6) is 0.156. The van der Waals surface area contributed by atoms with E-state index in [0.717, 1.165) is 36.0 Å². The Labute approximate surface area is 145 Å². The van der Waals surface area contributed by atoms with Crippen molar-refractivity contribution in [1.82, 2.24) is 9.88 Å². The predicted molar refractivity (Wildman–Crippen MR) is 94.7 cm³/mol. The number of H-pyrrole nitrogens is 1. The lowest BCUT2D eigenvalue weighted by molar-refractivity contribution is -0.134. The van der Waals surface area contributed by atoms with Gasteiger partial charge in [0, 0.05) is 29.1 Å². The highest BCUT2D eigenvalue weighted by molar-refractivity contribution is 5.87. The van der Waals surface area contributed by atoms with Gasteiger partial charge in [-0.15, -0.1) is 0 Å². The van der Waals surface area contributed by atoms with E-state index in [1.54, 1.807) is 12.1 Å². The number of hydrogen-bond donors (Lipinski definition) is 1. The van der Waals surface area contributed by atoms with E-state index in [1.807, 2.05) is 17.0 Å². The summed E-state index contributed by atoms with van der Waals surface area (Å²) >= 11 is 0. The van der Waals surface area contributed by atoms with E-state index in [0.29, 0.717) is 6.54 Å². The molecule has 1 N–H and O–H groups in total. The van der Waals surface area contributed by atoms with Gasteiger partial charge >= 0.3 is 0 Å². The second-order valence-corrected chi connectivity index (χ2v) is 7.07. The van der Waals surface area contributed by atoms with Crippen LogP contribution in [0.15, 0.2) is 48.5 Å².